The molecule has 0 radical (unpaired) electrons. The van der Waals surface area contributed by atoms with E-state index in [1.54, 1.807) is 0 Å². The quantitative estimate of drug-likeness (QED) is 0.803. The topological polar surface area (TPSA) is 78.4 Å². The molecule has 0 bridgehead atoms. The first-order valence-corrected chi connectivity index (χ1v) is 6.35. The Kier molecular flexibility index (Phi) is 4.25. The number of halogens is 3. The van der Waals surface area contributed by atoms with Crippen LogP contribution in [0.3, 0.4) is 0 Å². The maximum Gasteiger partial charge on any atom is 0.437 e. The number of hydrogen-bond donors (Lipinski definition) is 0. The molecule has 0 unspecified atom stereocenters. The van der Waals surface area contributed by atoms with Crippen LogP contribution in [-0.4, -0.2) is 16.1 Å². The molecule has 0 fully saturated rings. The van der Waals surface area contributed by atoms with E-state index in [9.17, 15) is 18.0 Å². The van der Waals surface area contributed by atoms with E-state index < -0.39 is 24.4 Å². The molecule has 0 aliphatic carbocycles. The van der Waals surface area contributed by atoms with Crippen LogP contribution in [0, 0.1) is 6.92 Å². The van der Waals surface area contributed by atoms with Gasteiger partial charge in [-0.05, 0) is 6.92 Å². The smallest absolute Gasteiger partial charge is 0.437 e. The molecule has 0 N–H and O–H groups in total. The zero-order valence-electron chi connectivity index (χ0n) is 12.0. The van der Waals surface area contributed by atoms with Gasteiger partial charge in [0.2, 0.25) is 0 Å². The number of nitrogens with zero attached hydrogens (tertiary/aromatic N) is 2. The molecule has 0 spiro atoms. The number of hydrogen-bond acceptors (Lipinski definition) is 6. The average Bonchev–Trinajstić information content (AvgIpc) is 3.01. The lowest BCUT2D eigenvalue weighted by atomic mass is 10.2. The number of carbonyl (C=O) groups is 1. The van der Waals surface area contributed by atoms with Gasteiger partial charge in [-0.25, -0.2) is 9.78 Å². The molecule has 0 aliphatic heterocycles. The summed E-state index contributed by atoms with van der Waals surface area (Å²) in [4.78, 5) is 15.9. The lowest BCUT2D eigenvalue weighted by Crippen LogP contribution is -2.12. The third-order valence-electron chi connectivity index (χ3n) is 2.77. The van der Waals surface area contributed by atoms with E-state index in [2.05, 4.69) is 14.7 Å². The van der Waals surface area contributed by atoms with Crippen LogP contribution < -0.4 is 0 Å². The molecule has 0 atom stereocenters. The van der Waals surface area contributed by atoms with E-state index in [4.69, 9.17) is 9.15 Å². The maximum absolute atomic E-state index is 12.6. The minimum Gasteiger partial charge on any atom is -0.456 e. The van der Waals surface area contributed by atoms with Gasteiger partial charge < -0.3 is 13.7 Å². The van der Waals surface area contributed by atoms with Crippen molar-refractivity contribution in [3.8, 4) is 0 Å². The van der Waals surface area contributed by atoms with Crippen LogP contribution in [0.1, 0.15) is 53.2 Å². The second-order valence-corrected chi connectivity index (χ2v) is 4.87. The van der Waals surface area contributed by atoms with Crippen molar-refractivity contribution >= 4 is 5.97 Å². The van der Waals surface area contributed by atoms with Gasteiger partial charge in [-0.15, -0.1) is 0 Å². The highest BCUT2D eigenvalue weighted by molar-refractivity contribution is 5.88. The van der Waals surface area contributed by atoms with Crippen molar-refractivity contribution in [2.45, 2.75) is 39.5 Å². The highest BCUT2D eigenvalue weighted by atomic mass is 19.4. The van der Waals surface area contributed by atoms with E-state index in [1.807, 2.05) is 13.8 Å². The molecule has 2 heterocycles. The van der Waals surface area contributed by atoms with Crippen molar-refractivity contribution < 1.29 is 31.6 Å². The van der Waals surface area contributed by atoms with E-state index in [0.717, 1.165) is 6.26 Å². The van der Waals surface area contributed by atoms with Crippen molar-refractivity contribution in [1.82, 2.24) is 10.1 Å². The molecule has 6 nitrogen and oxygen atoms in total. The summed E-state index contributed by atoms with van der Waals surface area (Å²) in [7, 11) is 0. The number of aryl methyl sites for hydroxylation is 1. The molecule has 0 amide bonds. The van der Waals surface area contributed by atoms with E-state index in [-0.39, 0.29) is 22.9 Å². The summed E-state index contributed by atoms with van der Waals surface area (Å²) in [5, 5.41) is 2.86. The highest BCUT2D eigenvalue weighted by Gasteiger charge is 2.37. The van der Waals surface area contributed by atoms with Crippen LogP contribution in [0.4, 0.5) is 13.2 Å². The summed E-state index contributed by atoms with van der Waals surface area (Å²) >= 11 is 0. The van der Waals surface area contributed by atoms with Gasteiger partial charge in [0.05, 0.1) is 5.56 Å². The van der Waals surface area contributed by atoms with Gasteiger partial charge in [-0.3, -0.25) is 0 Å². The monoisotopic (exact) mass is 318 g/mol. The van der Waals surface area contributed by atoms with Gasteiger partial charge >= 0.3 is 12.1 Å². The summed E-state index contributed by atoms with van der Waals surface area (Å²) in [5.41, 5.74) is -1.65. The first kappa shape index (κ1) is 16.1. The second-order valence-electron chi connectivity index (χ2n) is 4.87. The zero-order valence-corrected chi connectivity index (χ0v) is 12.0. The Morgan fingerprint density at radius 1 is 1.41 bits per heavy atom. The van der Waals surface area contributed by atoms with Crippen molar-refractivity contribution in [3.63, 3.8) is 0 Å². The number of rotatable bonds is 4. The van der Waals surface area contributed by atoms with Crippen molar-refractivity contribution in [1.29, 1.82) is 0 Å². The number of oxazole rings is 1. The van der Waals surface area contributed by atoms with Gasteiger partial charge in [0, 0.05) is 5.92 Å². The highest BCUT2D eigenvalue weighted by Crippen LogP contribution is 2.31. The Bertz CT molecular complexity index is 673. The molecular weight excluding hydrogens is 305 g/mol. The summed E-state index contributed by atoms with van der Waals surface area (Å²) in [6, 6.07) is 0. The third kappa shape index (κ3) is 3.29. The molecule has 120 valence electrons. The maximum atomic E-state index is 12.6. The van der Waals surface area contributed by atoms with Crippen molar-refractivity contribution in [2.24, 2.45) is 0 Å². The number of ether oxygens (including phenoxy) is 1. The van der Waals surface area contributed by atoms with Gasteiger partial charge in [0.1, 0.15) is 18.6 Å². The normalized spacial score (nSPS) is 12.0. The van der Waals surface area contributed by atoms with Crippen molar-refractivity contribution in [2.75, 3.05) is 0 Å². The largest absolute Gasteiger partial charge is 0.456 e. The first-order chi connectivity index (χ1) is 10.2. The molecule has 22 heavy (non-hydrogen) atoms. The second kappa shape index (κ2) is 5.82. The molecule has 0 saturated heterocycles. The van der Waals surface area contributed by atoms with Crippen molar-refractivity contribution in [3.05, 3.63) is 34.9 Å². The fraction of sp³-hybridized carbons (Fsp3) is 0.462. The van der Waals surface area contributed by atoms with Gasteiger partial charge in [-0.2, -0.15) is 13.2 Å². The number of esters is 1. The van der Waals surface area contributed by atoms with E-state index >= 15 is 0 Å². The fourth-order valence-corrected chi connectivity index (χ4v) is 1.66. The standard InChI is InChI=1S/C13H13F3N2O4/c1-6(2)11-17-9(7(3)22-11)12(19)20-4-8-5-21-18-10(8)13(14,15)16/h5-6H,4H2,1-3H3. The van der Waals surface area contributed by atoms with Crippen LogP contribution in [0.25, 0.3) is 0 Å². The summed E-state index contributed by atoms with van der Waals surface area (Å²) < 4.78 is 52.2. The number of carbonyl (C=O) groups excluding carboxylic acids is 1. The third-order valence-corrected chi connectivity index (χ3v) is 2.77. The SMILES string of the molecule is Cc1oc(C(C)C)nc1C(=O)OCc1conc1C(F)(F)F. The number of aromatic nitrogens is 2. The Morgan fingerprint density at radius 2 is 2.09 bits per heavy atom. The van der Waals surface area contributed by atoms with E-state index in [0.29, 0.717) is 5.89 Å². The summed E-state index contributed by atoms with van der Waals surface area (Å²) in [6.07, 6.45) is -3.89. The van der Waals surface area contributed by atoms with Crippen LogP contribution in [0.15, 0.2) is 15.2 Å². The average molecular weight is 318 g/mol. The number of alkyl halides is 3. The Labute approximate surface area is 123 Å². The molecule has 0 aliphatic rings. The van der Waals surface area contributed by atoms with Crippen LogP contribution >= 0.6 is 0 Å². The zero-order chi connectivity index (χ0) is 16.5. The first-order valence-electron chi connectivity index (χ1n) is 6.35. The molecule has 2 aromatic rings. The molecule has 2 rings (SSSR count). The lowest BCUT2D eigenvalue weighted by molar-refractivity contribution is -0.143. The molecule has 0 saturated carbocycles. The van der Waals surface area contributed by atoms with Gasteiger partial charge in [-0.1, -0.05) is 19.0 Å². The molecule has 9 heteroatoms. The minimum atomic E-state index is -4.68. The van der Waals surface area contributed by atoms with Gasteiger partial charge in [0.15, 0.2) is 17.3 Å². The fourth-order valence-electron chi connectivity index (χ4n) is 1.66. The molecule has 2 aromatic heterocycles. The van der Waals surface area contributed by atoms with Gasteiger partial charge in [0.25, 0.3) is 0 Å². The lowest BCUT2D eigenvalue weighted by Gasteiger charge is -2.05. The summed E-state index contributed by atoms with van der Waals surface area (Å²) in [5.74, 6) is -0.307. The molecular formula is C13H13F3N2O4. The summed E-state index contributed by atoms with van der Waals surface area (Å²) in [6.45, 7) is 4.55. The minimum absolute atomic E-state index is 0.0323. The molecule has 0 aromatic carbocycles. The Morgan fingerprint density at radius 3 is 2.64 bits per heavy atom. The van der Waals surface area contributed by atoms with E-state index in [1.165, 1.54) is 6.92 Å². The van der Waals surface area contributed by atoms with Crippen LogP contribution in [-0.2, 0) is 17.5 Å². The van der Waals surface area contributed by atoms with Crippen LogP contribution in [0.2, 0.25) is 0 Å². The van der Waals surface area contributed by atoms with Crippen LogP contribution in [0.5, 0.6) is 0 Å². The predicted octanol–water partition coefficient (Wildman–Crippen LogP) is 3.47. The predicted molar refractivity (Wildman–Crippen MR) is 66.0 cm³/mol. The Hall–Kier alpha value is -2.32. The Balaban J connectivity index is 2.09.